The van der Waals surface area contributed by atoms with Crippen molar-refractivity contribution in [3.8, 4) is 0 Å². The van der Waals surface area contributed by atoms with Crippen LogP contribution in [0.1, 0.15) is 6.92 Å². The number of anilines is 3. The highest BCUT2D eigenvalue weighted by Crippen LogP contribution is 2.15. The molecule has 0 saturated heterocycles. The third-order valence-corrected chi connectivity index (χ3v) is 3.01. The zero-order valence-electron chi connectivity index (χ0n) is 10.1. The van der Waals surface area contributed by atoms with Gasteiger partial charge in [-0.15, -0.1) is 11.3 Å². The van der Waals surface area contributed by atoms with Gasteiger partial charge >= 0.3 is 0 Å². The molecular weight excluding hydrogens is 280 g/mol. The summed E-state index contributed by atoms with van der Waals surface area (Å²) in [5.74, 6) is -0.0957. The Kier molecular flexibility index (Phi) is 4.43. The van der Waals surface area contributed by atoms with E-state index in [0.717, 1.165) is 16.5 Å². The third kappa shape index (κ3) is 4.31. The molecule has 0 radical (unpaired) electrons. The maximum absolute atomic E-state index is 10.9. The molecule has 3 N–H and O–H groups in total. The minimum Gasteiger partial charge on any atom is -0.332 e. The van der Waals surface area contributed by atoms with Crippen molar-refractivity contribution < 1.29 is 4.79 Å². The molecule has 0 bridgehead atoms. The lowest BCUT2D eigenvalue weighted by Crippen LogP contribution is -2.18. The van der Waals surface area contributed by atoms with E-state index in [1.165, 1.54) is 18.3 Å². The van der Waals surface area contributed by atoms with Crippen molar-refractivity contribution >= 4 is 51.1 Å². The Bertz CT molecular complexity index is 566. The lowest BCUT2D eigenvalue weighted by molar-refractivity contribution is -0.114. The van der Waals surface area contributed by atoms with Gasteiger partial charge in [-0.2, -0.15) is 0 Å². The van der Waals surface area contributed by atoms with Crippen LogP contribution in [0.15, 0.2) is 35.8 Å². The van der Waals surface area contributed by atoms with Gasteiger partial charge in [-0.1, -0.05) is 0 Å². The molecule has 1 amide bonds. The van der Waals surface area contributed by atoms with E-state index in [4.69, 9.17) is 12.2 Å². The van der Waals surface area contributed by atoms with Crippen LogP contribution in [-0.4, -0.2) is 16.0 Å². The summed E-state index contributed by atoms with van der Waals surface area (Å²) >= 11 is 6.64. The first-order valence-corrected chi connectivity index (χ1v) is 6.77. The van der Waals surface area contributed by atoms with E-state index in [9.17, 15) is 4.79 Å². The highest BCUT2D eigenvalue weighted by Gasteiger charge is 2.01. The Labute approximate surface area is 120 Å². The van der Waals surface area contributed by atoms with E-state index in [0.29, 0.717) is 5.11 Å². The smallest absolute Gasteiger partial charge is 0.221 e. The maximum Gasteiger partial charge on any atom is 0.221 e. The molecular formula is C12H12N4OS2. The maximum atomic E-state index is 10.9. The summed E-state index contributed by atoms with van der Waals surface area (Å²) in [4.78, 5) is 15.0. The number of aromatic nitrogens is 1. The summed E-state index contributed by atoms with van der Waals surface area (Å²) in [5, 5.41) is 11.8. The largest absolute Gasteiger partial charge is 0.332 e. The fraction of sp³-hybridized carbons (Fsp3) is 0.0833. The molecule has 19 heavy (non-hydrogen) atoms. The average molecular weight is 292 g/mol. The van der Waals surface area contributed by atoms with E-state index in [1.807, 2.05) is 17.5 Å². The van der Waals surface area contributed by atoms with Crippen LogP contribution in [0.4, 0.5) is 16.5 Å². The van der Waals surface area contributed by atoms with Gasteiger partial charge in [-0.05, 0) is 36.5 Å². The number of nitrogens with zero attached hydrogens (tertiary/aromatic N) is 1. The molecule has 2 rings (SSSR count). The Morgan fingerprint density at radius 3 is 2.32 bits per heavy atom. The Balaban J connectivity index is 1.92. The summed E-state index contributed by atoms with van der Waals surface area (Å²) in [6, 6.07) is 7.27. The molecule has 0 spiro atoms. The monoisotopic (exact) mass is 292 g/mol. The predicted molar refractivity (Wildman–Crippen MR) is 82.7 cm³/mol. The van der Waals surface area contributed by atoms with Gasteiger partial charge < -0.3 is 16.0 Å². The summed E-state index contributed by atoms with van der Waals surface area (Å²) in [6.07, 6.45) is 1.71. The Morgan fingerprint density at radius 2 is 1.79 bits per heavy atom. The van der Waals surface area contributed by atoms with Crippen molar-refractivity contribution in [2.45, 2.75) is 6.92 Å². The lowest BCUT2D eigenvalue weighted by atomic mass is 10.3. The molecule has 2 aromatic rings. The van der Waals surface area contributed by atoms with E-state index in [1.54, 1.807) is 18.3 Å². The zero-order chi connectivity index (χ0) is 13.7. The average Bonchev–Trinajstić information content (AvgIpc) is 2.83. The van der Waals surface area contributed by atoms with E-state index >= 15 is 0 Å². The second kappa shape index (κ2) is 6.26. The molecule has 7 heteroatoms. The number of hydrogen-bond acceptors (Lipinski definition) is 4. The van der Waals surface area contributed by atoms with Crippen molar-refractivity contribution in [3.05, 3.63) is 35.8 Å². The van der Waals surface area contributed by atoms with Gasteiger partial charge in [0.2, 0.25) is 5.91 Å². The first-order valence-electron chi connectivity index (χ1n) is 5.48. The van der Waals surface area contributed by atoms with Gasteiger partial charge in [-0.3, -0.25) is 4.79 Å². The van der Waals surface area contributed by atoms with Crippen molar-refractivity contribution in [2.24, 2.45) is 0 Å². The summed E-state index contributed by atoms with van der Waals surface area (Å²) in [5.41, 5.74) is 1.58. The minimum absolute atomic E-state index is 0.0957. The standard InChI is InChI=1S/C12H12N4OS2/c1-8(17)14-9-2-4-10(5-3-9)15-11(18)16-12-13-6-7-19-12/h2-7H,1H3,(H,14,17)(H2,13,15,16,18). The van der Waals surface area contributed by atoms with Crippen LogP contribution in [-0.2, 0) is 4.79 Å². The van der Waals surface area contributed by atoms with Crippen LogP contribution in [0.2, 0.25) is 0 Å². The second-order valence-corrected chi connectivity index (χ2v) is 4.98. The third-order valence-electron chi connectivity index (χ3n) is 2.12. The van der Waals surface area contributed by atoms with Gasteiger partial charge in [0.1, 0.15) is 0 Å². The van der Waals surface area contributed by atoms with Gasteiger partial charge in [0.25, 0.3) is 0 Å². The van der Waals surface area contributed by atoms with Gasteiger partial charge in [-0.25, -0.2) is 4.98 Å². The number of carbonyl (C=O) groups is 1. The molecule has 0 aliphatic carbocycles. The number of hydrogen-bond donors (Lipinski definition) is 3. The van der Waals surface area contributed by atoms with Crippen molar-refractivity contribution in [1.82, 2.24) is 4.98 Å². The normalized spacial score (nSPS) is 9.74. The highest BCUT2D eigenvalue weighted by atomic mass is 32.1. The number of rotatable bonds is 3. The Morgan fingerprint density at radius 1 is 1.16 bits per heavy atom. The predicted octanol–water partition coefficient (Wildman–Crippen LogP) is 2.91. The highest BCUT2D eigenvalue weighted by molar-refractivity contribution is 7.80. The van der Waals surface area contributed by atoms with Crippen molar-refractivity contribution in [1.29, 1.82) is 0 Å². The van der Waals surface area contributed by atoms with Gasteiger partial charge in [0, 0.05) is 29.9 Å². The molecule has 0 atom stereocenters. The summed E-state index contributed by atoms with van der Waals surface area (Å²) < 4.78 is 0. The fourth-order valence-corrected chi connectivity index (χ4v) is 2.20. The molecule has 0 saturated carbocycles. The van der Waals surface area contributed by atoms with Crippen LogP contribution in [0, 0.1) is 0 Å². The second-order valence-electron chi connectivity index (χ2n) is 3.67. The van der Waals surface area contributed by atoms with Crippen LogP contribution in [0.3, 0.4) is 0 Å². The molecule has 98 valence electrons. The summed E-state index contributed by atoms with van der Waals surface area (Å²) in [7, 11) is 0. The Hall–Kier alpha value is -1.99. The molecule has 0 aliphatic heterocycles. The number of thiazole rings is 1. The van der Waals surface area contributed by atoms with Crippen LogP contribution < -0.4 is 16.0 Å². The van der Waals surface area contributed by atoms with Crippen LogP contribution in [0.5, 0.6) is 0 Å². The molecule has 0 fully saturated rings. The topological polar surface area (TPSA) is 66.1 Å². The van der Waals surface area contributed by atoms with E-state index < -0.39 is 0 Å². The van der Waals surface area contributed by atoms with Crippen LogP contribution >= 0.6 is 23.6 Å². The fourth-order valence-electron chi connectivity index (χ4n) is 1.38. The summed E-state index contributed by atoms with van der Waals surface area (Å²) in [6.45, 7) is 1.47. The number of amides is 1. The first kappa shape index (κ1) is 13.4. The molecule has 0 unspecified atom stereocenters. The van der Waals surface area contributed by atoms with Crippen molar-refractivity contribution in [2.75, 3.05) is 16.0 Å². The number of carbonyl (C=O) groups excluding carboxylic acids is 1. The molecule has 1 heterocycles. The first-order chi connectivity index (χ1) is 9.13. The minimum atomic E-state index is -0.0957. The van der Waals surface area contributed by atoms with Gasteiger partial charge in [0.05, 0.1) is 0 Å². The molecule has 5 nitrogen and oxygen atoms in total. The lowest BCUT2D eigenvalue weighted by Gasteiger charge is -2.09. The molecule has 1 aromatic heterocycles. The SMILES string of the molecule is CC(=O)Nc1ccc(NC(=S)Nc2nccs2)cc1. The van der Waals surface area contributed by atoms with Crippen LogP contribution in [0.25, 0.3) is 0 Å². The van der Waals surface area contributed by atoms with E-state index in [2.05, 4.69) is 20.9 Å². The number of thiocarbonyl (C=S) groups is 1. The van der Waals surface area contributed by atoms with Gasteiger partial charge in [0.15, 0.2) is 10.2 Å². The molecule has 1 aromatic carbocycles. The van der Waals surface area contributed by atoms with E-state index in [-0.39, 0.29) is 5.91 Å². The molecule has 0 aliphatic rings. The number of benzene rings is 1. The quantitative estimate of drug-likeness (QED) is 0.759. The zero-order valence-corrected chi connectivity index (χ0v) is 11.8. The number of nitrogens with one attached hydrogen (secondary N) is 3. The van der Waals surface area contributed by atoms with Crippen molar-refractivity contribution in [3.63, 3.8) is 0 Å².